The van der Waals surface area contributed by atoms with Crippen molar-refractivity contribution in [3.05, 3.63) is 25.4 Å². The van der Waals surface area contributed by atoms with Gasteiger partial charge in [0, 0.05) is 11.8 Å². The first-order valence-electron chi connectivity index (χ1n) is 8.16. The maximum atomic E-state index is 12.2. The molecular formula is C17H25IN2O. The second-order valence-electron chi connectivity index (χ2n) is 7.84. The molecule has 0 unspecified atom stereocenters. The quantitative estimate of drug-likeness (QED) is 0.740. The Bertz CT molecular complexity index is 575. The standard InChI is InChI=1S/C17H25IN2O/c1-17(2,3)12-8-6-11(7-9-12)15-19-14(10-4-5-10)13(18)16(21)20-15/h10-12H,4-9H2,1-3H3,(H,19,20,21). The highest BCUT2D eigenvalue weighted by Gasteiger charge is 2.33. The molecule has 0 radical (unpaired) electrons. The van der Waals surface area contributed by atoms with Gasteiger partial charge in [-0.25, -0.2) is 4.98 Å². The molecule has 1 aromatic heterocycles. The maximum absolute atomic E-state index is 12.2. The van der Waals surface area contributed by atoms with E-state index in [1.807, 2.05) is 0 Å². The SMILES string of the molecule is CC(C)(C)C1CCC(c2nc(C3CC3)c(I)c(=O)[nH]2)CC1. The first-order chi connectivity index (χ1) is 9.86. The van der Waals surface area contributed by atoms with Crippen LogP contribution in [0.1, 0.15) is 82.7 Å². The Balaban J connectivity index is 1.78. The normalized spacial score (nSPS) is 26.9. The van der Waals surface area contributed by atoms with Crippen molar-refractivity contribution < 1.29 is 0 Å². The second-order valence-corrected chi connectivity index (χ2v) is 8.92. The highest BCUT2D eigenvalue weighted by Crippen LogP contribution is 2.44. The zero-order valence-electron chi connectivity index (χ0n) is 13.2. The summed E-state index contributed by atoms with van der Waals surface area (Å²) in [6.07, 6.45) is 7.22. The molecule has 0 spiro atoms. The molecule has 21 heavy (non-hydrogen) atoms. The number of nitrogens with zero attached hydrogens (tertiary/aromatic N) is 1. The Kier molecular flexibility index (Phi) is 4.19. The summed E-state index contributed by atoms with van der Waals surface area (Å²) in [6.45, 7) is 7.02. The summed E-state index contributed by atoms with van der Waals surface area (Å²) in [5.41, 5.74) is 1.53. The Morgan fingerprint density at radius 1 is 1.05 bits per heavy atom. The number of halogens is 1. The van der Waals surface area contributed by atoms with Crippen molar-refractivity contribution in [3.8, 4) is 0 Å². The Morgan fingerprint density at radius 2 is 1.62 bits per heavy atom. The lowest BCUT2D eigenvalue weighted by atomic mass is 9.69. The molecule has 1 heterocycles. The second kappa shape index (κ2) is 5.67. The fraction of sp³-hybridized carbons (Fsp3) is 0.765. The summed E-state index contributed by atoms with van der Waals surface area (Å²) >= 11 is 2.16. The largest absolute Gasteiger partial charge is 0.309 e. The van der Waals surface area contributed by atoms with Crippen LogP contribution in [0.25, 0.3) is 0 Å². The van der Waals surface area contributed by atoms with Crippen LogP contribution in [0.2, 0.25) is 0 Å². The topological polar surface area (TPSA) is 45.8 Å². The molecule has 1 aromatic rings. The third-order valence-electron chi connectivity index (χ3n) is 5.21. The van der Waals surface area contributed by atoms with E-state index in [9.17, 15) is 4.79 Å². The van der Waals surface area contributed by atoms with Crippen molar-refractivity contribution in [2.24, 2.45) is 11.3 Å². The zero-order chi connectivity index (χ0) is 15.2. The number of hydrogen-bond donors (Lipinski definition) is 1. The highest BCUT2D eigenvalue weighted by atomic mass is 127. The molecule has 2 saturated carbocycles. The van der Waals surface area contributed by atoms with Crippen LogP contribution in [0, 0.1) is 14.9 Å². The van der Waals surface area contributed by atoms with E-state index in [0.717, 1.165) is 33.8 Å². The lowest BCUT2D eigenvalue weighted by Gasteiger charge is -2.36. The summed E-state index contributed by atoms with van der Waals surface area (Å²) in [5.74, 6) is 2.75. The molecule has 1 N–H and O–H groups in total. The number of nitrogens with one attached hydrogen (secondary N) is 1. The van der Waals surface area contributed by atoms with E-state index in [4.69, 9.17) is 4.98 Å². The van der Waals surface area contributed by atoms with E-state index in [1.165, 1.54) is 25.7 Å². The smallest absolute Gasteiger partial charge is 0.264 e. The summed E-state index contributed by atoms with van der Waals surface area (Å²) in [6, 6.07) is 0. The molecule has 3 rings (SSSR count). The van der Waals surface area contributed by atoms with Crippen LogP contribution < -0.4 is 5.56 Å². The van der Waals surface area contributed by atoms with Gasteiger partial charge in [0.05, 0.1) is 9.26 Å². The Morgan fingerprint density at radius 3 is 2.14 bits per heavy atom. The predicted octanol–water partition coefficient (Wildman–Crippen LogP) is 4.57. The van der Waals surface area contributed by atoms with E-state index in [0.29, 0.717) is 17.3 Å². The number of hydrogen-bond acceptors (Lipinski definition) is 2. The maximum Gasteiger partial charge on any atom is 0.264 e. The molecule has 0 aliphatic heterocycles. The lowest BCUT2D eigenvalue weighted by molar-refractivity contribution is 0.167. The number of rotatable bonds is 2. The molecule has 0 bridgehead atoms. The zero-order valence-corrected chi connectivity index (χ0v) is 15.4. The van der Waals surface area contributed by atoms with Gasteiger partial charge in [-0.05, 0) is 72.4 Å². The Labute approximate surface area is 140 Å². The molecule has 0 amide bonds. The third kappa shape index (κ3) is 3.35. The monoisotopic (exact) mass is 400 g/mol. The molecule has 4 heteroatoms. The summed E-state index contributed by atoms with van der Waals surface area (Å²) in [4.78, 5) is 20.0. The lowest BCUT2D eigenvalue weighted by Crippen LogP contribution is -2.27. The molecule has 0 atom stereocenters. The van der Waals surface area contributed by atoms with E-state index in [2.05, 4.69) is 48.3 Å². The van der Waals surface area contributed by atoms with Crippen molar-refractivity contribution in [2.75, 3.05) is 0 Å². The molecule has 2 aliphatic carbocycles. The van der Waals surface area contributed by atoms with Crippen LogP contribution in [-0.4, -0.2) is 9.97 Å². The fourth-order valence-electron chi connectivity index (χ4n) is 3.55. The first-order valence-corrected chi connectivity index (χ1v) is 9.23. The fourth-order valence-corrected chi connectivity index (χ4v) is 4.24. The predicted molar refractivity (Wildman–Crippen MR) is 93.7 cm³/mol. The highest BCUT2D eigenvalue weighted by molar-refractivity contribution is 14.1. The average Bonchev–Trinajstić information content (AvgIpc) is 3.25. The van der Waals surface area contributed by atoms with Gasteiger partial charge in [-0.15, -0.1) is 0 Å². The summed E-state index contributed by atoms with van der Waals surface area (Å²) < 4.78 is 0.808. The van der Waals surface area contributed by atoms with Crippen LogP contribution >= 0.6 is 22.6 Å². The van der Waals surface area contributed by atoms with Gasteiger partial charge in [0.25, 0.3) is 5.56 Å². The minimum Gasteiger partial charge on any atom is -0.309 e. The number of aromatic amines is 1. The van der Waals surface area contributed by atoms with Gasteiger partial charge < -0.3 is 4.98 Å². The van der Waals surface area contributed by atoms with Crippen LogP contribution in [0.15, 0.2) is 4.79 Å². The molecule has 3 nitrogen and oxygen atoms in total. The van der Waals surface area contributed by atoms with Crippen LogP contribution in [-0.2, 0) is 0 Å². The van der Waals surface area contributed by atoms with E-state index in [-0.39, 0.29) is 5.56 Å². The van der Waals surface area contributed by atoms with Crippen molar-refractivity contribution in [1.29, 1.82) is 0 Å². The first kappa shape index (κ1) is 15.5. The van der Waals surface area contributed by atoms with Gasteiger partial charge in [0.2, 0.25) is 0 Å². The summed E-state index contributed by atoms with van der Waals surface area (Å²) in [7, 11) is 0. The van der Waals surface area contributed by atoms with Crippen molar-refractivity contribution in [2.45, 2.75) is 71.1 Å². The number of aromatic nitrogens is 2. The van der Waals surface area contributed by atoms with E-state index < -0.39 is 0 Å². The van der Waals surface area contributed by atoms with Gasteiger partial charge in [-0.1, -0.05) is 20.8 Å². The minimum absolute atomic E-state index is 0.0699. The van der Waals surface area contributed by atoms with Gasteiger partial charge in [-0.3, -0.25) is 4.79 Å². The molecule has 2 aliphatic rings. The summed E-state index contributed by atoms with van der Waals surface area (Å²) in [5, 5.41) is 0. The minimum atomic E-state index is 0.0699. The molecule has 0 saturated heterocycles. The third-order valence-corrected chi connectivity index (χ3v) is 6.25. The van der Waals surface area contributed by atoms with Gasteiger partial charge in [-0.2, -0.15) is 0 Å². The number of H-pyrrole nitrogens is 1. The van der Waals surface area contributed by atoms with Crippen molar-refractivity contribution in [3.63, 3.8) is 0 Å². The van der Waals surface area contributed by atoms with Crippen molar-refractivity contribution in [1.82, 2.24) is 9.97 Å². The van der Waals surface area contributed by atoms with Crippen LogP contribution in [0.3, 0.4) is 0 Å². The Hall–Kier alpha value is -0.390. The van der Waals surface area contributed by atoms with Crippen LogP contribution in [0.5, 0.6) is 0 Å². The molecular weight excluding hydrogens is 375 g/mol. The average molecular weight is 400 g/mol. The molecule has 0 aromatic carbocycles. The van der Waals surface area contributed by atoms with Gasteiger partial charge in [0.15, 0.2) is 0 Å². The van der Waals surface area contributed by atoms with Crippen LogP contribution in [0.4, 0.5) is 0 Å². The van der Waals surface area contributed by atoms with Gasteiger partial charge in [0.1, 0.15) is 5.82 Å². The molecule has 2 fully saturated rings. The van der Waals surface area contributed by atoms with E-state index in [1.54, 1.807) is 0 Å². The molecule has 116 valence electrons. The van der Waals surface area contributed by atoms with Gasteiger partial charge >= 0.3 is 0 Å². The van der Waals surface area contributed by atoms with E-state index >= 15 is 0 Å². The van der Waals surface area contributed by atoms with Crippen molar-refractivity contribution >= 4 is 22.6 Å².